The summed E-state index contributed by atoms with van der Waals surface area (Å²) in [5.74, 6) is -0.837. The molecule has 35 heavy (non-hydrogen) atoms. The first-order valence-electron chi connectivity index (χ1n) is 10.3. The van der Waals surface area contributed by atoms with Crippen molar-refractivity contribution in [1.29, 1.82) is 0 Å². The molecule has 0 aliphatic carbocycles. The third-order valence-electron chi connectivity index (χ3n) is 5.57. The predicted molar refractivity (Wildman–Crippen MR) is 127 cm³/mol. The van der Waals surface area contributed by atoms with Crippen LogP contribution in [0.25, 0.3) is 33.2 Å². The molecule has 1 amide bonds. The molecule has 10 heteroatoms. The summed E-state index contributed by atoms with van der Waals surface area (Å²) >= 11 is 0. The zero-order valence-electron chi connectivity index (χ0n) is 18.7. The Morgan fingerprint density at radius 3 is 2.14 bits per heavy atom. The Hall–Kier alpha value is -3.76. The zero-order chi connectivity index (χ0) is 25.5. The van der Waals surface area contributed by atoms with Crippen molar-refractivity contribution >= 4 is 26.8 Å². The first-order valence-corrected chi connectivity index (χ1v) is 11.8. The van der Waals surface area contributed by atoms with Gasteiger partial charge in [0.05, 0.1) is 21.5 Å². The number of carbonyl (C=O) groups excluding carboxylic acids is 1. The number of carbonyl (C=O) groups is 1. The number of sulfonamides is 1. The second-order valence-corrected chi connectivity index (χ2v) is 10.2. The molecule has 1 heterocycles. The topological polar surface area (TPSA) is 93.4 Å². The predicted octanol–water partition coefficient (Wildman–Crippen LogP) is 4.94. The molecule has 0 aliphatic rings. The summed E-state index contributed by atoms with van der Waals surface area (Å²) < 4.78 is 67.0. The SMILES string of the molecule is CN(C)S(=O)(=O)c1cccc(-c2cccc(-c3c(C(N)=O)cnc4c(C(F)(F)F)cccc34)c2)c1. The summed E-state index contributed by atoms with van der Waals surface area (Å²) in [6.45, 7) is 0. The molecule has 0 spiro atoms. The van der Waals surface area contributed by atoms with Crippen molar-refractivity contribution in [2.75, 3.05) is 14.1 Å². The molecule has 180 valence electrons. The number of fused-ring (bicyclic) bond motifs is 1. The molecule has 0 fully saturated rings. The van der Waals surface area contributed by atoms with Gasteiger partial charge in [0.15, 0.2) is 0 Å². The quantitative estimate of drug-likeness (QED) is 0.421. The van der Waals surface area contributed by atoms with E-state index in [0.717, 1.165) is 16.6 Å². The molecule has 0 atom stereocenters. The Morgan fingerprint density at radius 1 is 0.914 bits per heavy atom. The molecule has 0 saturated carbocycles. The van der Waals surface area contributed by atoms with Gasteiger partial charge in [0.2, 0.25) is 10.0 Å². The van der Waals surface area contributed by atoms with Gasteiger partial charge >= 0.3 is 6.18 Å². The van der Waals surface area contributed by atoms with Gasteiger partial charge in [-0.3, -0.25) is 9.78 Å². The average molecular weight is 500 g/mol. The van der Waals surface area contributed by atoms with Gasteiger partial charge in [-0.25, -0.2) is 12.7 Å². The lowest BCUT2D eigenvalue weighted by molar-refractivity contribution is -0.136. The number of nitrogens with zero attached hydrogens (tertiary/aromatic N) is 2. The number of aromatic nitrogens is 1. The van der Waals surface area contributed by atoms with E-state index in [1.807, 2.05) is 0 Å². The number of amides is 1. The van der Waals surface area contributed by atoms with Crippen molar-refractivity contribution in [2.45, 2.75) is 11.1 Å². The van der Waals surface area contributed by atoms with Gasteiger partial charge in [0, 0.05) is 31.2 Å². The van der Waals surface area contributed by atoms with Gasteiger partial charge in [-0.2, -0.15) is 13.2 Å². The van der Waals surface area contributed by atoms with E-state index in [1.54, 1.807) is 36.4 Å². The fraction of sp³-hybridized carbons (Fsp3) is 0.120. The van der Waals surface area contributed by atoms with Crippen molar-refractivity contribution in [3.8, 4) is 22.3 Å². The molecule has 0 saturated heterocycles. The Kier molecular flexibility index (Phi) is 6.12. The second-order valence-electron chi connectivity index (χ2n) is 8.01. The molecule has 0 unspecified atom stereocenters. The van der Waals surface area contributed by atoms with Crippen molar-refractivity contribution in [2.24, 2.45) is 5.73 Å². The lowest BCUT2D eigenvalue weighted by Gasteiger charge is -2.16. The Bertz CT molecular complexity index is 1570. The van der Waals surface area contributed by atoms with Gasteiger partial charge in [0.25, 0.3) is 5.91 Å². The van der Waals surface area contributed by atoms with Gasteiger partial charge in [-0.05, 0) is 41.0 Å². The molecular formula is C25H20F3N3O3S. The van der Waals surface area contributed by atoms with Crippen LogP contribution in [-0.4, -0.2) is 37.7 Å². The lowest BCUT2D eigenvalue weighted by atomic mass is 9.92. The van der Waals surface area contributed by atoms with Crippen LogP contribution in [0.4, 0.5) is 13.2 Å². The van der Waals surface area contributed by atoms with Crippen LogP contribution in [0, 0.1) is 0 Å². The Balaban J connectivity index is 1.95. The van der Waals surface area contributed by atoms with Gasteiger partial charge < -0.3 is 5.73 Å². The molecule has 2 N–H and O–H groups in total. The van der Waals surface area contributed by atoms with Crippen LogP contribution in [0.3, 0.4) is 0 Å². The monoisotopic (exact) mass is 499 g/mol. The maximum atomic E-state index is 13.6. The number of hydrogen-bond acceptors (Lipinski definition) is 4. The van der Waals surface area contributed by atoms with Crippen LogP contribution in [0.5, 0.6) is 0 Å². The molecule has 0 bridgehead atoms. The number of alkyl halides is 3. The molecule has 1 aromatic heterocycles. The summed E-state index contributed by atoms with van der Waals surface area (Å²) in [5.41, 5.74) is 6.11. The normalized spacial score (nSPS) is 12.3. The largest absolute Gasteiger partial charge is 0.418 e. The maximum absolute atomic E-state index is 13.6. The van der Waals surface area contributed by atoms with Crippen molar-refractivity contribution in [3.63, 3.8) is 0 Å². The number of benzene rings is 3. The Morgan fingerprint density at radius 2 is 1.51 bits per heavy atom. The summed E-state index contributed by atoms with van der Waals surface area (Å²) in [5, 5.41) is 0.122. The summed E-state index contributed by atoms with van der Waals surface area (Å²) in [6.07, 6.45) is -3.59. The lowest BCUT2D eigenvalue weighted by Crippen LogP contribution is -2.22. The number of pyridine rings is 1. The van der Waals surface area contributed by atoms with E-state index in [1.165, 1.54) is 38.4 Å². The van der Waals surface area contributed by atoms with E-state index in [2.05, 4.69) is 4.98 Å². The molecule has 4 aromatic rings. The van der Waals surface area contributed by atoms with Crippen LogP contribution in [0.15, 0.2) is 77.8 Å². The number of para-hydroxylation sites is 1. The van der Waals surface area contributed by atoms with Crippen LogP contribution in [-0.2, 0) is 16.2 Å². The highest BCUT2D eigenvalue weighted by molar-refractivity contribution is 7.89. The Labute approximate surface area is 199 Å². The summed E-state index contributed by atoms with van der Waals surface area (Å²) in [4.78, 5) is 16.2. The van der Waals surface area contributed by atoms with Crippen LogP contribution >= 0.6 is 0 Å². The number of hydrogen-bond donors (Lipinski definition) is 1. The number of rotatable bonds is 5. The van der Waals surface area contributed by atoms with Crippen LogP contribution in [0.1, 0.15) is 15.9 Å². The van der Waals surface area contributed by atoms with E-state index in [4.69, 9.17) is 5.73 Å². The van der Waals surface area contributed by atoms with E-state index in [0.29, 0.717) is 16.7 Å². The second kappa shape index (κ2) is 8.79. The molecular weight excluding hydrogens is 479 g/mol. The van der Waals surface area contributed by atoms with E-state index in [-0.39, 0.29) is 26.9 Å². The first kappa shape index (κ1) is 24.4. The van der Waals surface area contributed by atoms with Gasteiger partial charge in [-0.15, -0.1) is 0 Å². The van der Waals surface area contributed by atoms with Crippen LogP contribution < -0.4 is 5.73 Å². The average Bonchev–Trinajstić information content (AvgIpc) is 2.82. The molecule has 3 aromatic carbocycles. The fourth-order valence-corrected chi connectivity index (χ4v) is 4.80. The van der Waals surface area contributed by atoms with Crippen LogP contribution in [0.2, 0.25) is 0 Å². The van der Waals surface area contributed by atoms with Crippen molar-refractivity contribution in [3.05, 3.63) is 84.1 Å². The maximum Gasteiger partial charge on any atom is 0.418 e. The summed E-state index contributed by atoms with van der Waals surface area (Å²) in [7, 11) is -0.821. The number of primary amides is 1. The minimum absolute atomic E-state index is 0.0297. The minimum atomic E-state index is -4.64. The fourth-order valence-electron chi connectivity index (χ4n) is 3.85. The van der Waals surface area contributed by atoms with E-state index >= 15 is 0 Å². The van der Waals surface area contributed by atoms with Crippen molar-refractivity contribution in [1.82, 2.24) is 9.29 Å². The van der Waals surface area contributed by atoms with Gasteiger partial charge in [0.1, 0.15) is 0 Å². The van der Waals surface area contributed by atoms with Crippen molar-refractivity contribution < 1.29 is 26.4 Å². The van der Waals surface area contributed by atoms with E-state index < -0.39 is 27.7 Å². The highest BCUT2D eigenvalue weighted by Gasteiger charge is 2.34. The highest BCUT2D eigenvalue weighted by atomic mass is 32.2. The minimum Gasteiger partial charge on any atom is -0.366 e. The smallest absolute Gasteiger partial charge is 0.366 e. The van der Waals surface area contributed by atoms with Gasteiger partial charge in [-0.1, -0.05) is 42.5 Å². The number of halogens is 3. The third kappa shape index (κ3) is 4.50. The number of nitrogens with two attached hydrogens (primary N) is 1. The summed E-state index contributed by atoms with van der Waals surface area (Å²) in [6, 6.07) is 16.7. The zero-order valence-corrected chi connectivity index (χ0v) is 19.5. The molecule has 4 rings (SSSR count). The molecule has 0 radical (unpaired) electrons. The standard InChI is InChI=1S/C25H20F3N3O3S/c1-31(2)35(33,34)18-9-4-7-16(13-18)15-6-3-8-17(12-15)22-19-10-5-11-21(25(26,27)28)23(19)30-14-20(22)24(29)32/h3-14H,1-2H3,(H2,29,32). The molecule has 0 aliphatic heterocycles. The first-order chi connectivity index (χ1) is 16.4. The van der Waals surface area contributed by atoms with E-state index in [9.17, 15) is 26.4 Å². The third-order valence-corrected chi connectivity index (χ3v) is 7.38. The highest BCUT2D eigenvalue weighted by Crippen LogP contribution is 2.39. The molecule has 6 nitrogen and oxygen atoms in total.